The Morgan fingerprint density at radius 1 is 1.08 bits per heavy atom. The van der Waals surface area contributed by atoms with Crippen molar-refractivity contribution in [1.82, 2.24) is 14.3 Å². The number of phenols is 1. The van der Waals surface area contributed by atoms with E-state index in [1.54, 1.807) is 18.3 Å². The molecule has 10 nitrogen and oxygen atoms in total. The largest absolute Gasteiger partial charge is 0.502 e. The quantitative estimate of drug-likeness (QED) is 0.313. The van der Waals surface area contributed by atoms with Gasteiger partial charge in [-0.2, -0.15) is 4.31 Å². The van der Waals surface area contributed by atoms with E-state index >= 15 is 0 Å². The lowest BCUT2D eigenvalue weighted by molar-refractivity contribution is 0.339. The van der Waals surface area contributed by atoms with Crippen molar-refractivity contribution < 1.29 is 23.0 Å². The van der Waals surface area contributed by atoms with E-state index in [9.17, 15) is 13.5 Å². The molecular weight excluding hydrogens is 482 g/mol. The Morgan fingerprint density at radius 3 is 2.44 bits per heavy atom. The fourth-order valence-electron chi connectivity index (χ4n) is 3.68. The maximum Gasteiger partial charge on any atom is 0.223 e. The van der Waals surface area contributed by atoms with Crippen molar-refractivity contribution in [2.75, 3.05) is 45.4 Å². The van der Waals surface area contributed by atoms with Crippen LogP contribution in [0.3, 0.4) is 0 Å². The van der Waals surface area contributed by atoms with Crippen LogP contribution in [0.25, 0.3) is 11.3 Å². The van der Waals surface area contributed by atoms with Crippen LogP contribution in [0.1, 0.15) is 17.5 Å². The van der Waals surface area contributed by atoms with E-state index in [-0.39, 0.29) is 12.3 Å². The first-order valence-corrected chi connectivity index (χ1v) is 13.3. The van der Waals surface area contributed by atoms with Crippen molar-refractivity contribution >= 4 is 16.0 Å². The number of hydrogen-bond donors (Lipinski definition) is 3. The topological polar surface area (TPSA) is 140 Å². The number of methoxy groups -OCH3 is 2. The van der Waals surface area contributed by atoms with Crippen molar-refractivity contribution in [3.8, 4) is 28.5 Å². The maximum atomic E-state index is 12.2. The highest BCUT2D eigenvalue weighted by molar-refractivity contribution is 7.88. The molecule has 3 aromatic rings. The van der Waals surface area contributed by atoms with Crippen molar-refractivity contribution in [1.29, 1.82) is 0 Å². The van der Waals surface area contributed by atoms with E-state index in [2.05, 4.69) is 15.3 Å². The molecule has 0 spiro atoms. The molecule has 4 N–H and O–H groups in total. The number of sulfonamides is 1. The fourth-order valence-corrected chi connectivity index (χ4v) is 4.52. The first-order chi connectivity index (χ1) is 17.2. The van der Waals surface area contributed by atoms with Crippen LogP contribution in [-0.2, 0) is 23.0 Å². The summed E-state index contributed by atoms with van der Waals surface area (Å²) in [5.41, 5.74) is 8.92. The minimum atomic E-state index is -3.35. The van der Waals surface area contributed by atoms with Gasteiger partial charge < -0.3 is 25.6 Å². The molecule has 0 fully saturated rings. The van der Waals surface area contributed by atoms with Gasteiger partial charge in [0.25, 0.3) is 0 Å². The first-order valence-electron chi connectivity index (χ1n) is 11.5. The third-order valence-electron chi connectivity index (χ3n) is 5.55. The average molecular weight is 516 g/mol. The standard InChI is InChI=1S/C25H33N5O5S/c1-34-22-15-18(16-23(35-2)24(22)31)8-11-27-25-28-12-9-21(29-25)20-7-4-6-19(14-20)17-30(13-5-10-26)36(3,32)33/h4,6-7,9,12,14-16,31H,5,8,10-11,13,17,26H2,1-3H3,(H,27,28,29). The molecule has 1 aromatic heterocycles. The molecular formula is C25H33N5O5S. The minimum Gasteiger partial charge on any atom is -0.502 e. The van der Waals surface area contributed by atoms with Crippen molar-refractivity contribution in [2.24, 2.45) is 5.73 Å². The number of aromatic nitrogens is 2. The molecule has 36 heavy (non-hydrogen) atoms. The van der Waals surface area contributed by atoms with Crippen LogP contribution in [0.15, 0.2) is 48.7 Å². The van der Waals surface area contributed by atoms with Crippen LogP contribution >= 0.6 is 0 Å². The van der Waals surface area contributed by atoms with Crippen LogP contribution in [0, 0.1) is 0 Å². The lowest BCUT2D eigenvalue weighted by Crippen LogP contribution is -2.31. The van der Waals surface area contributed by atoms with E-state index in [1.165, 1.54) is 24.8 Å². The fraction of sp³-hybridized carbons (Fsp3) is 0.360. The van der Waals surface area contributed by atoms with Crippen LogP contribution < -0.4 is 20.5 Å². The zero-order valence-electron chi connectivity index (χ0n) is 20.8. The number of anilines is 1. The SMILES string of the molecule is COc1cc(CCNc2nccc(-c3cccc(CN(CCCN)S(C)(=O)=O)c3)n2)cc(OC)c1O. The number of hydrogen-bond acceptors (Lipinski definition) is 9. The van der Waals surface area contributed by atoms with E-state index in [1.807, 2.05) is 30.3 Å². The second-order valence-corrected chi connectivity index (χ2v) is 10.2. The van der Waals surface area contributed by atoms with Gasteiger partial charge in [0.15, 0.2) is 11.5 Å². The molecule has 0 aliphatic heterocycles. The summed E-state index contributed by atoms with van der Waals surface area (Å²) < 4.78 is 36.2. The molecule has 1 heterocycles. The summed E-state index contributed by atoms with van der Waals surface area (Å²) >= 11 is 0. The van der Waals surface area contributed by atoms with Crippen molar-refractivity contribution in [2.45, 2.75) is 19.4 Å². The van der Waals surface area contributed by atoms with E-state index in [0.29, 0.717) is 49.9 Å². The summed E-state index contributed by atoms with van der Waals surface area (Å²) in [5, 5.41) is 13.3. The van der Waals surface area contributed by atoms with Gasteiger partial charge in [0.1, 0.15) is 0 Å². The van der Waals surface area contributed by atoms with Gasteiger partial charge in [0.05, 0.1) is 26.2 Å². The number of ether oxygens (including phenoxy) is 2. The van der Waals surface area contributed by atoms with Crippen LogP contribution in [-0.4, -0.2) is 67.9 Å². The Morgan fingerprint density at radius 2 is 1.81 bits per heavy atom. The molecule has 0 aliphatic rings. The van der Waals surface area contributed by atoms with Gasteiger partial charge in [-0.15, -0.1) is 0 Å². The molecule has 0 aliphatic carbocycles. The third-order valence-corrected chi connectivity index (χ3v) is 6.80. The molecule has 0 saturated heterocycles. The summed E-state index contributed by atoms with van der Waals surface area (Å²) in [6.07, 6.45) is 4.10. The molecule has 0 unspecified atom stereocenters. The van der Waals surface area contributed by atoms with E-state index < -0.39 is 10.0 Å². The number of nitrogens with zero attached hydrogens (tertiary/aromatic N) is 3. The van der Waals surface area contributed by atoms with E-state index in [0.717, 1.165) is 22.4 Å². The minimum absolute atomic E-state index is 0.0333. The molecule has 0 saturated carbocycles. The second kappa shape index (κ2) is 12.5. The van der Waals surface area contributed by atoms with Gasteiger partial charge in [-0.25, -0.2) is 18.4 Å². The number of nitrogens with two attached hydrogens (primary N) is 1. The van der Waals surface area contributed by atoms with Gasteiger partial charge >= 0.3 is 0 Å². The summed E-state index contributed by atoms with van der Waals surface area (Å²) in [5.74, 6) is 1.13. The number of phenolic OH excluding ortho intramolecular Hbond substituents is 1. The monoisotopic (exact) mass is 515 g/mol. The Labute approximate surface area is 212 Å². The summed E-state index contributed by atoms with van der Waals surface area (Å²) in [4.78, 5) is 8.92. The molecule has 0 amide bonds. The normalized spacial score (nSPS) is 11.5. The summed E-state index contributed by atoms with van der Waals surface area (Å²) in [7, 11) is -0.372. The maximum absolute atomic E-state index is 12.2. The lowest BCUT2D eigenvalue weighted by Gasteiger charge is -2.20. The third kappa shape index (κ3) is 7.30. The molecule has 11 heteroatoms. The van der Waals surface area contributed by atoms with Crippen molar-refractivity contribution in [3.63, 3.8) is 0 Å². The highest BCUT2D eigenvalue weighted by Crippen LogP contribution is 2.37. The number of aromatic hydroxyl groups is 1. The molecule has 2 aromatic carbocycles. The van der Waals surface area contributed by atoms with E-state index in [4.69, 9.17) is 15.2 Å². The van der Waals surface area contributed by atoms with Crippen LogP contribution in [0.5, 0.6) is 17.2 Å². The van der Waals surface area contributed by atoms with Gasteiger partial charge in [0, 0.05) is 31.4 Å². The Bertz CT molecular complexity index is 1240. The predicted molar refractivity (Wildman–Crippen MR) is 140 cm³/mol. The number of nitrogens with one attached hydrogen (secondary N) is 1. The molecule has 3 rings (SSSR count). The van der Waals surface area contributed by atoms with Gasteiger partial charge in [0.2, 0.25) is 21.7 Å². The number of benzene rings is 2. The van der Waals surface area contributed by atoms with Gasteiger partial charge in [-0.05, 0) is 54.8 Å². The predicted octanol–water partition coefficient (Wildman–Crippen LogP) is 2.63. The zero-order chi connectivity index (χ0) is 26.1. The summed E-state index contributed by atoms with van der Waals surface area (Å²) in [6.45, 7) is 1.62. The van der Waals surface area contributed by atoms with Crippen molar-refractivity contribution in [3.05, 3.63) is 59.8 Å². The lowest BCUT2D eigenvalue weighted by atomic mass is 10.1. The highest BCUT2D eigenvalue weighted by Gasteiger charge is 2.17. The highest BCUT2D eigenvalue weighted by atomic mass is 32.2. The molecule has 194 valence electrons. The molecule has 0 radical (unpaired) electrons. The van der Waals surface area contributed by atoms with Gasteiger partial charge in [-0.1, -0.05) is 18.2 Å². The molecule has 0 atom stereocenters. The zero-order valence-corrected chi connectivity index (χ0v) is 21.6. The van der Waals surface area contributed by atoms with Gasteiger partial charge in [-0.3, -0.25) is 0 Å². The Hall–Kier alpha value is -3.41. The van der Waals surface area contributed by atoms with Crippen LogP contribution in [0.4, 0.5) is 5.95 Å². The first kappa shape index (κ1) is 27.2. The molecule has 0 bridgehead atoms. The smallest absolute Gasteiger partial charge is 0.223 e. The average Bonchev–Trinajstić information content (AvgIpc) is 2.87. The van der Waals surface area contributed by atoms with Crippen LogP contribution in [0.2, 0.25) is 0 Å². The summed E-state index contributed by atoms with van der Waals surface area (Å²) in [6, 6.07) is 13.0. The Balaban J connectivity index is 1.70. The number of rotatable bonds is 13. The second-order valence-electron chi connectivity index (χ2n) is 8.23. The Kier molecular flexibility index (Phi) is 9.45.